The smallest absolute Gasteiger partial charge is 0.0820 e. The first-order valence-electron chi connectivity index (χ1n) is 1.77. The molecule has 0 atom stereocenters. The molecule has 52 valence electrons. The van der Waals surface area contributed by atoms with E-state index in [0.717, 1.165) is 0 Å². The summed E-state index contributed by atoms with van der Waals surface area (Å²) in [5.41, 5.74) is 0. The Hall–Kier alpha value is 1.12. The molecule has 0 saturated carbocycles. The first-order chi connectivity index (χ1) is 4.04. The highest BCUT2D eigenvalue weighted by molar-refractivity contribution is 9.12. The quantitative estimate of drug-likeness (QED) is 0.622. The normalized spacial score (nSPS) is 12.6. The van der Waals surface area contributed by atoms with Crippen molar-refractivity contribution in [1.82, 2.24) is 0 Å². The van der Waals surface area contributed by atoms with Gasteiger partial charge in [0.05, 0.1) is 5.03 Å². The average Bonchev–Trinajstić information content (AvgIpc) is 1.63. The molecule has 0 aromatic rings. The lowest BCUT2D eigenvalue weighted by atomic mass is 10.6. The van der Waals surface area contributed by atoms with Crippen molar-refractivity contribution in [3.63, 3.8) is 0 Å². The summed E-state index contributed by atoms with van der Waals surface area (Å²) in [6.07, 6.45) is 1.32. The minimum atomic E-state index is 0.0672. The Morgan fingerprint density at radius 1 is 1.11 bits per heavy atom. The lowest BCUT2D eigenvalue weighted by Crippen LogP contribution is -1.62. The van der Waals surface area contributed by atoms with Gasteiger partial charge >= 0.3 is 0 Å². The molecule has 0 aromatic heterocycles. The number of halogens is 5. The standard InChI is InChI=1S/C4HBrCl4/c5-4(9)2(6)1-3(7)8/h1H/b4-2+. The van der Waals surface area contributed by atoms with E-state index in [0.29, 0.717) is 0 Å². The molecule has 0 N–H and O–H groups in total. The van der Waals surface area contributed by atoms with Crippen molar-refractivity contribution < 1.29 is 0 Å². The maximum absolute atomic E-state index is 5.47. The highest BCUT2D eigenvalue weighted by Gasteiger charge is 1.93. The van der Waals surface area contributed by atoms with E-state index in [2.05, 4.69) is 15.9 Å². The molecule has 0 amide bonds. The number of hydrogen-bond donors (Lipinski definition) is 0. The molecule has 0 fully saturated rings. The fraction of sp³-hybridized carbons (Fsp3) is 0. The van der Waals surface area contributed by atoms with E-state index in [9.17, 15) is 0 Å². The summed E-state index contributed by atoms with van der Waals surface area (Å²) < 4.78 is 0.348. The van der Waals surface area contributed by atoms with Crippen LogP contribution < -0.4 is 0 Å². The fourth-order valence-corrected chi connectivity index (χ4v) is 0.758. The summed E-state index contributed by atoms with van der Waals surface area (Å²) in [4.78, 5) is 0. The molecule has 0 saturated heterocycles. The maximum atomic E-state index is 5.47. The highest BCUT2D eigenvalue weighted by Crippen LogP contribution is 2.23. The Labute approximate surface area is 81.5 Å². The van der Waals surface area contributed by atoms with Crippen LogP contribution in [0.2, 0.25) is 0 Å². The predicted molar refractivity (Wildman–Crippen MR) is 47.4 cm³/mol. The second-order valence-corrected chi connectivity index (χ2v) is 4.08. The minimum absolute atomic E-state index is 0.0672. The van der Waals surface area contributed by atoms with Gasteiger partial charge < -0.3 is 0 Å². The zero-order valence-corrected chi connectivity index (χ0v) is 8.58. The SMILES string of the molecule is ClC(Cl)=C/C(Cl)=C(\Cl)Br. The molecule has 5 heteroatoms. The van der Waals surface area contributed by atoms with Gasteiger partial charge in [-0.3, -0.25) is 0 Å². The third-order valence-electron chi connectivity index (χ3n) is 0.416. The van der Waals surface area contributed by atoms with Gasteiger partial charge in [0.1, 0.15) is 8.43 Å². The van der Waals surface area contributed by atoms with Crippen LogP contribution in [-0.4, -0.2) is 0 Å². The monoisotopic (exact) mass is 268 g/mol. The van der Waals surface area contributed by atoms with Gasteiger partial charge in [-0.1, -0.05) is 46.4 Å². The minimum Gasteiger partial charge on any atom is -0.0820 e. The Morgan fingerprint density at radius 2 is 1.56 bits per heavy atom. The summed E-state index contributed by atoms with van der Waals surface area (Å²) in [5, 5.41) is 0.275. The van der Waals surface area contributed by atoms with Gasteiger partial charge in [0, 0.05) is 0 Å². The van der Waals surface area contributed by atoms with E-state index in [1.807, 2.05) is 0 Å². The number of rotatable bonds is 1. The van der Waals surface area contributed by atoms with E-state index in [1.165, 1.54) is 6.08 Å². The summed E-state index contributed by atoms with van der Waals surface area (Å²) in [5.74, 6) is 0. The van der Waals surface area contributed by atoms with Crippen molar-refractivity contribution >= 4 is 62.3 Å². The first-order valence-corrected chi connectivity index (χ1v) is 4.08. The van der Waals surface area contributed by atoms with Crippen molar-refractivity contribution in [2.24, 2.45) is 0 Å². The molecule has 0 radical (unpaired) electrons. The van der Waals surface area contributed by atoms with E-state index in [1.54, 1.807) is 0 Å². The van der Waals surface area contributed by atoms with E-state index in [-0.39, 0.29) is 13.5 Å². The van der Waals surface area contributed by atoms with Crippen molar-refractivity contribution in [2.75, 3.05) is 0 Å². The first kappa shape index (κ1) is 10.1. The third kappa shape index (κ3) is 5.56. The topological polar surface area (TPSA) is 0 Å². The molecule has 0 aliphatic heterocycles. The summed E-state index contributed by atoms with van der Waals surface area (Å²) in [7, 11) is 0. The van der Waals surface area contributed by atoms with Crippen molar-refractivity contribution in [3.8, 4) is 0 Å². The molecular formula is C4HBrCl4. The molecule has 0 aliphatic rings. The maximum Gasteiger partial charge on any atom is 0.108 e. The zero-order chi connectivity index (χ0) is 7.44. The Kier molecular flexibility index (Phi) is 5.47. The molecule has 0 nitrogen and oxygen atoms in total. The molecule has 0 spiro atoms. The molecule has 0 aliphatic carbocycles. The van der Waals surface area contributed by atoms with Crippen LogP contribution in [0.3, 0.4) is 0 Å². The Bertz CT molecular complexity index is 152. The van der Waals surface area contributed by atoms with Gasteiger partial charge in [0.15, 0.2) is 0 Å². The zero-order valence-electron chi connectivity index (χ0n) is 3.97. The highest BCUT2D eigenvalue weighted by atomic mass is 79.9. The van der Waals surface area contributed by atoms with Crippen LogP contribution in [-0.2, 0) is 0 Å². The Balaban J connectivity index is 4.25. The van der Waals surface area contributed by atoms with Gasteiger partial charge in [-0.25, -0.2) is 0 Å². The van der Waals surface area contributed by atoms with Crippen LogP contribution in [0.25, 0.3) is 0 Å². The van der Waals surface area contributed by atoms with Gasteiger partial charge in [-0.05, 0) is 22.0 Å². The van der Waals surface area contributed by atoms with Gasteiger partial charge in [0.2, 0.25) is 0 Å². The van der Waals surface area contributed by atoms with Gasteiger partial charge in [-0.2, -0.15) is 0 Å². The van der Waals surface area contributed by atoms with Gasteiger partial charge in [0.25, 0.3) is 0 Å². The number of hydrogen-bond acceptors (Lipinski definition) is 0. The van der Waals surface area contributed by atoms with Crippen LogP contribution in [0.1, 0.15) is 0 Å². The molecule has 0 aromatic carbocycles. The molecule has 0 unspecified atom stereocenters. The van der Waals surface area contributed by atoms with Crippen molar-refractivity contribution in [2.45, 2.75) is 0 Å². The lowest BCUT2D eigenvalue weighted by Gasteiger charge is -1.86. The molecular weight excluding hydrogens is 270 g/mol. The van der Waals surface area contributed by atoms with E-state index in [4.69, 9.17) is 46.4 Å². The summed E-state index contributed by atoms with van der Waals surface area (Å²) >= 11 is 24.3. The van der Waals surface area contributed by atoms with Crippen LogP contribution in [0, 0.1) is 0 Å². The Morgan fingerprint density at radius 3 is 1.67 bits per heavy atom. The molecule has 0 rings (SSSR count). The molecule has 0 bridgehead atoms. The third-order valence-corrected chi connectivity index (χ3v) is 1.89. The van der Waals surface area contributed by atoms with Crippen LogP contribution in [0.15, 0.2) is 19.5 Å². The van der Waals surface area contributed by atoms with E-state index >= 15 is 0 Å². The van der Waals surface area contributed by atoms with E-state index < -0.39 is 0 Å². The summed E-state index contributed by atoms with van der Waals surface area (Å²) in [6, 6.07) is 0. The second kappa shape index (κ2) is 4.86. The van der Waals surface area contributed by atoms with Crippen molar-refractivity contribution in [3.05, 3.63) is 19.5 Å². The van der Waals surface area contributed by atoms with Crippen LogP contribution in [0.4, 0.5) is 0 Å². The fourth-order valence-electron chi connectivity index (χ4n) is 0.150. The van der Waals surface area contributed by atoms with Crippen molar-refractivity contribution in [1.29, 1.82) is 0 Å². The van der Waals surface area contributed by atoms with Gasteiger partial charge in [-0.15, -0.1) is 0 Å². The molecule has 9 heavy (non-hydrogen) atoms. The molecule has 0 heterocycles. The summed E-state index contributed by atoms with van der Waals surface area (Å²) in [6.45, 7) is 0. The second-order valence-electron chi connectivity index (χ2n) is 1.04. The number of allylic oxidation sites excluding steroid dienone is 2. The largest absolute Gasteiger partial charge is 0.108 e. The van der Waals surface area contributed by atoms with Crippen LogP contribution in [0.5, 0.6) is 0 Å². The average molecular weight is 271 g/mol. The predicted octanol–water partition coefficient (Wildman–Crippen LogP) is 4.35. The lowest BCUT2D eigenvalue weighted by molar-refractivity contribution is 1.94. The van der Waals surface area contributed by atoms with Crippen LogP contribution >= 0.6 is 62.3 Å².